The zero-order valence-electron chi connectivity index (χ0n) is 7.83. The predicted octanol–water partition coefficient (Wildman–Crippen LogP) is 0.949. The van der Waals surface area contributed by atoms with Gasteiger partial charge in [-0.25, -0.2) is 0 Å². The fourth-order valence-corrected chi connectivity index (χ4v) is 0.769. The van der Waals surface area contributed by atoms with Gasteiger partial charge < -0.3 is 14.2 Å². The van der Waals surface area contributed by atoms with Crippen molar-refractivity contribution >= 4 is 5.97 Å². The fraction of sp³-hybridized carbons (Fsp3) is 0.875. The Balaban J connectivity index is 0.000000561. The Morgan fingerprint density at radius 2 is 1.83 bits per heavy atom. The highest BCUT2D eigenvalue weighted by Crippen LogP contribution is 2.00. The van der Waals surface area contributed by atoms with Gasteiger partial charge in [0.05, 0.1) is 13.2 Å². The Hall–Kier alpha value is -0.610. The first kappa shape index (κ1) is 11.4. The van der Waals surface area contributed by atoms with Gasteiger partial charge >= 0.3 is 5.97 Å². The Kier molecular flexibility index (Phi) is 6.70. The summed E-state index contributed by atoms with van der Waals surface area (Å²) in [5.74, 6) is -0.292. The summed E-state index contributed by atoms with van der Waals surface area (Å²) in [6.45, 7) is 6.56. The maximum atomic E-state index is 10.4. The molecule has 0 aromatic rings. The monoisotopic (exact) mass is 176 g/mol. The van der Waals surface area contributed by atoms with Gasteiger partial charge in [-0.15, -0.1) is 0 Å². The van der Waals surface area contributed by atoms with Crippen LogP contribution in [0.4, 0.5) is 0 Å². The van der Waals surface area contributed by atoms with E-state index in [1.54, 1.807) is 0 Å². The van der Waals surface area contributed by atoms with Crippen molar-refractivity contribution in [3.63, 3.8) is 0 Å². The van der Waals surface area contributed by atoms with Gasteiger partial charge in [-0.2, -0.15) is 0 Å². The number of hydrogen-bond donors (Lipinski definition) is 0. The highest BCUT2D eigenvalue weighted by atomic mass is 16.7. The minimum absolute atomic E-state index is 0.216. The Labute approximate surface area is 72.8 Å². The average molecular weight is 176 g/mol. The molecule has 0 saturated carbocycles. The predicted molar refractivity (Wildman–Crippen MR) is 43.7 cm³/mol. The lowest BCUT2D eigenvalue weighted by atomic mass is 10.4. The molecule has 72 valence electrons. The van der Waals surface area contributed by atoms with Gasteiger partial charge in [-0.3, -0.25) is 4.79 Å². The van der Waals surface area contributed by atoms with Crippen LogP contribution in [0.25, 0.3) is 0 Å². The molecule has 0 amide bonds. The highest BCUT2D eigenvalue weighted by Gasteiger charge is 2.16. The van der Waals surface area contributed by atoms with Crippen LogP contribution in [-0.4, -0.2) is 32.1 Å². The second kappa shape index (κ2) is 7.06. The normalized spacial score (nSPS) is 17.6. The van der Waals surface area contributed by atoms with E-state index in [-0.39, 0.29) is 12.1 Å². The van der Waals surface area contributed by atoms with E-state index in [4.69, 9.17) is 14.2 Å². The topological polar surface area (TPSA) is 44.8 Å². The molecule has 1 rings (SSSR count). The zero-order chi connectivity index (χ0) is 9.40. The Bertz CT molecular complexity index is 118. The van der Waals surface area contributed by atoms with Gasteiger partial charge in [0.25, 0.3) is 0 Å². The van der Waals surface area contributed by atoms with E-state index in [0.29, 0.717) is 20.0 Å². The third-order valence-electron chi connectivity index (χ3n) is 1.11. The maximum Gasteiger partial charge on any atom is 0.303 e. The van der Waals surface area contributed by atoms with Crippen LogP contribution in [-0.2, 0) is 19.0 Å². The molecule has 4 nitrogen and oxygen atoms in total. The lowest BCUT2D eigenvalue weighted by molar-refractivity contribution is -0.181. The SMILES string of the molecule is CC.CC(=O)OC1COCOC1. The summed E-state index contributed by atoms with van der Waals surface area (Å²) in [6.07, 6.45) is -0.216. The number of ether oxygens (including phenoxy) is 3. The zero-order valence-corrected chi connectivity index (χ0v) is 7.83. The van der Waals surface area contributed by atoms with E-state index in [1.807, 2.05) is 13.8 Å². The van der Waals surface area contributed by atoms with Crippen molar-refractivity contribution in [2.45, 2.75) is 26.9 Å². The van der Waals surface area contributed by atoms with Crippen LogP contribution < -0.4 is 0 Å². The van der Waals surface area contributed by atoms with Crippen LogP contribution in [0.5, 0.6) is 0 Å². The number of hydrogen-bond acceptors (Lipinski definition) is 4. The third kappa shape index (κ3) is 5.09. The van der Waals surface area contributed by atoms with Crippen LogP contribution in [0.15, 0.2) is 0 Å². The van der Waals surface area contributed by atoms with Crippen molar-refractivity contribution in [1.82, 2.24) is 0 Å². The van der Waals surface area contributed by atoms with Gasteiger partial charge in [-0.05, 0) is 0 Å². The van der Waals surface area contributed by atoms with Gasteiger partial charge in [0.15, 0.2) is 0 Å². The minimum Gasteiger partial charge on any atom is -0.458 e. The molecule has 0 aliphatic carbocycles. The molecule has 0 aromatic heterocycles. The van der Waals surface area contributed by atoms with E-state index in [9.17, 15) is 4.79 Å². The molecule has 1 saturated heterocycles. The second-order valence-corrected chi connectivity index (χ2v) is 2.09. The van der Waals surface area contributed by atoms with Crippen LogP contribution >= 0.6 is 0 Å². The smallest absolute Gasteiger partial charge is 0.303 e. The van der Waals surface area contributed by atoms with E-state index < -0.39 is 0 Å². The van der Waals surface area contributed by atoms with Crippen molar-refractivity contribution in [2.75, 3.05) is 20.0 Å². The number of carbonyl (C=O) groups is 1. The molecule has 0 bridgehead atoms. The van der Waals surface area contributed by atoms with Crippen molar-refractivity contribution in [3.8, 4) is 0 Å². The number of esters is 1. The van der Waals surface area contributed by atoms with Gasteiger partial charge in [-0.1, -0.05) is 13.8 Å². The largest absolute Gasteiger partial charge is 0.458 e. The molecule has 0 unspecified atom stereocenters. The molecule has 0 spiro atoms. The van der Waals surface area contributed by atoms with Crippen molar-refractivity contribution < 1.29 is 19.0 Å². The highest BCUT2D eigenvalue weighted by molar-refractivity contribution is 5.66. The van der Waals surface area contributed by atoms with Crippen molar-refractivity contribution in [2.24, 2.45) is 0 Å². The van der Waals surface area contributed by atoms with Crippen LogP contribution in [0.2, 0.25) is 0 Å². The van der Waals surface area contributed by atoms with Crippen LogP contribution in [0, 0.1) is 0 Å². The second-order valence-electron chi connectivity index (χ2n) is 2.09. The van der Waals surface area contributed by atoms with E-state index in [1.165, 1.54) is 6.92 Å². The summed E-state index contributed by atoms with van der Waals surface area (Å²) in [5, 5.41) is 0. The molecule has 12 heavy (non-hydrogen) atoms. The molecule has 1 aliphatic heterocycles. The Morgan fingerprint density at radius 1 is 1.33 bits per heavy atom. The molecule has 1 fully saturated rings. The molecule has 0 atom stereocenters. The van der Waals surface area contributed by atoms with Crippen LogP contribution in [0.1, 0.15) is 20.8 Å². The quantitative estimate of drug-likeness (QED) is 0.558. The van der Waals surface area contributed by atoms with Crippen molar-refractivity contribution in [3.05, 3.63) is 0 Å². The number of carbonyl (C=O) groups excluding carboxylic acids is 1. The molecular weight excluding hydrogens is 160 g/mol. The average Bonchev–Trinajstić information content (AvgIpc) is 2.08. The lowest BCUT2D eigenvalue weighted by Gasteiger charge is -2.21. The van der Waals surface area contributed by atoms with E-state index in [0.717, 1.165) is 0 Å². The minimum atomic E-state index is -0.292. The summed E-state index contributed by atoms with van der Waals surface area (Å²) in [6, 6.07) is 0. The molecular formula is C8H16O4. The molecule has 1 aliphatic rings. The van der Waals surface area contributed by atoms with E-state index in [2.05, 4.69) is 0 Å². The molecule has 4 heteroatoms. The fourth-order valence-electron chi connectivity index (χ4n) is 0.769. The standard InChI is InChI=1S/C6H10O4.C2H6/c1-5(7)10-6-2-8-4-9-3-6;1-2/h6H,2-4H2,1H3;1-2H3. The summed E-state index contributed by atoms with van der Waals surface area (Å²) in [7, 11) is 0. The van der Waals surface area contributed by atoms with Crippen molar-refractivity contribution in [1.29, 1.82) is 0 Å². The molecule has 0 aromatic carbocycles. The first-order chi connectivity index (χ1) is 5.79. The summed E-state index contributed by atoms with van der Waals surface area (Å²) < 4.78 is 14.6. The first-order valence-electron chi connectivity index (χ1n) is 4.12. The molecule has 0 radical (unpaired) electrons. The lowest BCUT2D eigenvalue weighted by Crippen LogP contribution is -2.32. The third-order valence-corrected chi connectivity index (χ3v) is 1.11. The maximum absolute atomic E-state index is 10.4. The first-order valence-corrected chi connectivity index (χ1v) is 4.12. The van der Waals surface area contributed by atoms with Crippen LogP contribution in [0.3, 0.4) is 0 Å². The summed E-state index contributed by atoms with van der Waals surface area (Å²) >= 11 is 0. The molecule has 1 heterocycles. The van der Waals surface area contributed by atoms with Gasteiger partial charge in [0.2, 0.25) is 0 Å². The molecule has 0 N–H and O–H groups in total. The van der Waals surface area contributed by atoms with Gasteiger partial charge in [0, 0.05) is 6.92 Å². The summed E-state index contributed by atoms with van der Waals surface area (Å²) in [4.78, 5) is 10.4. The van der Waals surface area contributed by atoms with E-state index >= 15 is 0 Å². The Morgan fingerprint density at radius 3 is 2.25 bits per heavy atom. The number of rotatable bonds is 1. The summed E-state index contributed by atoms with van der Waals surface area (Å²) in [5.41, 5.74) is 0. The van der Waals surface area contributed by atoms with Gasteiger partial charge in [0.1, 0.15) is 12.9 Å².